The molecular formula is C10H12ClNO2S. The minimum Gasteiger partial charge on any atom is -0.480 e. The lowest BCUT2D eigenvalue weighted by atomic mass is 10.1. The molecule has 0 aromatic heterocycles. The highest BCUT2D eigenvalue weighted by atomic mass is 35.5. The third-order valence-corrected chi connectivity index (χ3v) is 3.44. The molecule has 0 fully saturated rings. The average molecular weight is 246 g/mol. The fourth-order valence-corrected chi connectivity index (χ4v) is 1.87. The molecule has 0 aliphatic rings. The zero-order chi connectivity index (χ0) is 11.5. The highest BCUT2D eigenvalue weighted by Crippen LogP contribution is 2.23. The Kier molecular flexibility index (Phi) is 4.02. The normalized spacial score (nSPS) is 14.6. The summed E-state index contributed by atoms with van der Waals surface area (Å²) in [7, 11) is 0. The van der Waals surface area contributed by atoms with Gasteiger partial charge in [0.2, 0.25) is 0 Å². The van der Waals surface area contributed by atoms with E-state index in [9.17, 15) is 4.79 Å². The van der Waals surface area contributed by atoms with Crippen LogP contribution in [0.15, 0.2) is 29.2 Å². The molecule has 3 nitrogen and oxygen atoms in total. The number of rotatable bonds is 4. The van der Waals surface area contributed by atoms with E-state index < -0.39 is 11.5 Å². The van der Waals surface area contributed by atoms with E-state index >= 15 is 0 Å². The van der Waals surface area contributed by atoms with E-state index in [-0.39, 0.29) is 0 Å². The highest BCUT2D eigenvalue weighted by molar-refractivity contribution is 7.99. The Morgan fingerprint density at radius 3 is 2.53 bits per heavy atom. The van der Waals surface area contributed by atoms with Gasteiger partial charge in [-0.05, 0) is 31.2 Å². The first-order chi connectivity index (χ1) is 6.92. The van der Waals surface area contributed by atoms with E-state index in [1.54, 1.807) is 12.1 Å². The number of benzene rings is 1. The van der Waals surface area contributed by atoms with Crippen LogP contribution in [-0.2, 0) is 4.79 Å². The van der Waals surface area contributed by atoms with E-state index in [0.717, 1.165) is 4.90 Å². The van der Waals surface area contributed by atoms with Crippen LogP contribution in [0.2, 0.25) is 5.02 Å². The van der Waals surface area contributed by atoms with Gasteiger partial charge < -0.3 is 10.8 Å². The second-order valence-electron chi connectivity index (χ2n) is 3.47. The predicted molar refractivity (Wildman–Crippen MR) is 62.4 cm³/mol. The van der Waals surface area contributed by atoms with Crippen molar-refractivity contribution in [2.45, 2.75) is 17.4 Å². The first-order valence-corrected chi connectivity index (χ1v) is 5.69. The largest absolute Gasteiger partial charge is 0.480 e. The summed E-state index contributed by atoms with van der Waals surface area (Å²) < 4.78 is 0. The van der Waals surface area contributed by atoms with Crippen LogP contribution < -0.4 is 5.73 Å². The maximum atomic E-state index is 10.7. The third-order valence-electron chi connectivity index (χ3n) is 1.84. The second-order valence-corrected chi connectivity index (χ2v) is 4.95. The van der Waals surface area contributed by atoms with Crippen LogP contribution >= 0.6 is 23.4 Å². The van der Waals surface area contributed by atoms with Gasteiger partial charge in [0.25, 0.3) is 0 Å². The van der Waals surface area contributed by atoms with Gasteiger partial charge in [-0.3, -0.25) is 4.79 Å². The lowest BCUT2D eigenvalue weighted by Crippen LogP contribution is -2.47. The Balaban J connectivity index is 2.57. The van der Waals surface area contributed by atoms with E-state index in [0.29, 0.717) is 10.8 Å². The Morgan fingerprint density at radius 2 is 2.07 bits per heavy atom. The topological polar surface area (TPSA) is 63.3 Å². The van der Waals surface area contributed by atoms with Crippen molar-refractivity contribution in [3.63, 3.8) is 0 Å². The summed E-state index contributed by atoms with van der Waals surface area (Å²) in [6, 6.07) is 7.20. The zero-order valence-corrected chi connectivity index (χ0v) is 9.81. The fourth-order valence-electron chi connectivity index (χ4n) is 0.826. The number of carboxylic acids is 1. The quantitative estimate of drug-likeness (QED) is 0.799. The zero-order valence-electron chi connectivity index (χ0n) is 8.24. The van der Waals surface area contributed by atoms with Gasteiger partial charge in [0.15, 0.2) is 0 Å². The molecule has 15 heavy (non-hydrogen) atoms. The molecule has 0 radical (unpaired) electrons. The van der Waals surface area contributed by atoms with Gasteiger partial charge in [0.1, 0.15) is 5.54 Å². The molecule has 0 heterocycles. The minimum atomic E-state index is -1.20. The summed E-state index contributed by atoms with van der Waals surface area (Å²) in [6.07, 6.45) is 0. The summed E-state index contributed by atoms with van der Waals surface area (Å²) in [4.78, 5) is 11.7. The Hall–Kier alpha value is -0.710. The molecule has 1 aromatic carbocycles. The Bertz CT molecular complexity index is 351. The molecule has 1 rings (SSSR count). The molecule has 0 spiro atoms. The molecule has 0 bridgehead atoms. The number of halogens is 1. The van der Waals surface area contributed by atoms with Crippen molar-refractivity contribution >= 4 is 29.3 Å². The van der Waals surface area contributed by atoms with Crippen LogP contribution in [0.1, 0.15) is 6.92 Å². The maximum absolute atomic E-state index is 10.7. The van der Waals surface area contributed by atoms with Crippen LogP contribution in [0.3, 0.4) is 0 Å². The van der Waals surface area contributed by atoms with Crippen LogP contribution in [0.25, 0.3) is 0 Å². The summed E-state index contributed by atoms with van der Waals surface area (Å²) in [5.74, 6) is -0.673. The van der Waals surface area contributed by atoms with Crippen molar-refractivity contribution in [1.29, 1.82) is 0 Å². The lowest BCUT2D eigenvalue weighted by molar-refractivity contribution is -0.141. The number of hydrogen-bond acceptors (Lipinski definition) is 3. The van der Waals surface area contributed by atoms with Crippen molar-refractivity contribution in [2.75, 3.05) is 5.75 Å². The number of aliphatic carboxylic acids is 1. The Labute approximate surface area is 97.6 Å². The van der Waals surface area contributed by atoms with Gasteiger partial charge >= 0.3 is 5.97 Å². The second kappa shape index (κ2) is 4.88. The number of nitrogens with two attached hydrogens (primary N) is 1. The van der Waals surface area contributed by atoms with Gasteiger partial charge in [-0.1, -0.05) is 11.6 Å². The van der Waals surface area contributed by atoms with Gasteiger partial charge in [-0.25, -0.2) is 0 Å². The molecule has 1 unspecified atom stereocenters. The Morgan fingerprint density at radius 1 is 1.53 bits per heavy atom. The molecule has 82 valence electrons. The standard InChI is InChI=1S/C10H12ClNO2S/c1-10(12,9(13)14)6-15-8-4-2-7(11)3-5-8/h2-5H,6,12H2,1H3,(H,13,14). The van der Waals surface area contributed by atoms with Crippen LogP contribution in [0.4, 0.5) is 0 Å². The van der Waals surface area contributed by atoms with Crippen molar-refractivity contribution in [2.24, 2.45) is 5.73 Å². The first-order valence-electron chi connectivity index (χ1n) is 4.32. The van der Waals surface area contributed by atoms with Gasteiger partial charge in [-0.2, -0.15) is 0 Å². The van der Waals surface area contributed by atoms with Crippen LogP contribution in [0.5, 0.6) is 0 Å². The van der Waals surface area contributed by atoms with Crippen molar-refractivity contribution in [3.8, 4) is 0 Å². The van der Waals surface area contributed by atoms with E-state index in [1.165, 1.54) is 18.7 Å². The van der Waals surface area contributed by atoms with Crippen molar-refractivity contribution in [1.82, 2.24) is 0 Å². The number of hydrogen-bond donors (Lipinski definition) is 2. The van der Waals surface area contributed by atoms with Crippen molar-refractivity contribution < 1.29 is 9.90 Å². The molecule has 3 N–H and O–H groups in total. The highest BCUT2D eigenvalue weighted by Gasteiger charge is 2.27. The summed E-state index contributed by atoms with van der Waals surface area (Å²) in [5, 5.41) is 9.46. The van der Waals surface area contributed by atoms with E-state index in [4.69, 9.17) is 22.4 Å². The van der Waals surface area contributed by atoms with Gasteiger partial charge in [0.05, 0.1) is 0 Å². The van der Waals surface area contributed by atoms with Gasteiger partial charge in [-0.15, -0.1) is 11.8 Å². The lowest BCUT2D eigenvalue weighted by Gasteiger charge is -2.18. The number of thioether (sulfide) groups is 1. The van der Waals surface area contributed by atoms with Gasteiger partial charge in [0, 0.05) is 15.7 Å². The molecule has 5 heteroatoms. The monoisotopic (exact) mass is 245 g/mol. The molecule has 0 aliphatic heterocycles. The van der Waals surface area contributed by atoms with E-state index in [1.807, 2.05) is 12.1 Å². The number of carboxylic acid groups (broad SMARTS) is 1. The maximum Gasteiger partial charge on any atom is 0.324 e. The fraction of sp³-hybridized carbons (Fsp3) is 0.300. The molecule has 1 aromatic rings. The smallest absolute Gasteiger partial charge is 0.324 e. The summed E-state index contributed by atoms with van der Waals surface area (Å²) in [5.41, 5.74) is 4.39. The van der Waals surface area contributed by atoms with Crippen molar-refractivity contribution in [3.05, 3.63) is 29.3 Å². The molecule has 0 aliphatic carbocycles. The molecule has 1 atom stereocenters. The molecule has 0 saturated carbocycles. The third kappa shape index (κ3) is 3.74. The summed E-state index contributed by atoms with van der Waals surface area (Å²) >= 11 is 7.12. The average Bonchev–Trinajstić information content (AvgIpc) is 2.17. The summed E-state index contributed by atoms with van der Waals surface area (Å²) in [6.45, 7) is 1.50. The van der Waals surface area contributed by atoms with E-state index in [2.05, 4.69) is 0 Å². The van der Waals surface area contributed by atoms with Crippen LogP contribution in [0, 0.1) is 0 Å². The molecule has 0 amide bonds. The number of carbonyl (C=O) groups is 1. The first kappa shape index (κ1) is 12.4. The molecule has 0 saturated heterocycles. The minimum absolute atomic E-state index is 0.323. The molecular weight excluding hydrogens is 234 g/mol. The SMILES string of the molecule is CC(N)(CSc1ccc(Cl)cc1)C(=O)O. The van der Waals surface area contributed by atoms with Crippen LogP contribution in [-0.4, -0.2) is 22.4 Å². The predicted octanol–water partition coefficient (Wildman–Crippen LogP) is 2.23.